The lowest BCUT2D eigenvalue weighted by molar-refractivity contribution is 0.432. The largest absolute Gasteiger partial charge is 0.493 e. The van der Waals surface area contributed by atoms with Gasteiger partial charge in [0.2, 0.25) is 5.88 Å². The smallest absolute Gasteiger partial charge is 0.262 e. The van der Waals surface area contributed by atoms with Crippen LogP contribution in [0.2, 0.25) is 0 Å². The zero-order valence-electron chi connectivity index (χ0n) is 11.2. The summed E-state index contributed by atoms with van der Waals surface area (Å²) in [7, 11) is 0. The van der Waals surface area contributed by atoms with Crippen molar-refractivity contribution in [2.75, 3.05) is 0 Å². The molecule has 2 aromatic rings. The third kappa shape index (κ3) is 2.66. The molecule has 1 aromatic heterocycles. The third-order valence-electron chi connectivity index (χ3n) is 2.85. The number of aromatic amines is 1. The van der Waals surface area contributed by atoms with Crippen LogP contribution in [0.25, 0.3) is 11.1 Å². The molecule has 0 aliphatic rings. The van der Waals surface area contributed by atoms with Gasteiger partial charge in [0.25, 0.3) is 5.56 Å². The van der Waals surface area contributed by atoms with Gasteiger partial charge < -0.3 is 15.8 Å². The first-order valence-corrected chi connectivity index (χ1v) is 5.98. The quantitative estimate of drug-likeness (QED) is 0.764. The van der Waals surface area contributed by atoms with Crippen LogP contribution in [0.5, 0.6) is 5.88 Å². The molecule has 0 saturated heterocycles. The molecular weight excluding hydrogens is 242 g/mol. The lowest BCUT2D eigenvalue weighted by Gasteiger charge is -2.17. The Kier molecular flexibility index (Phi) is 3.16. The van der Waals surface area contributed by atoms with Crippen molar-refractivity contribution in [1.29, 1.82) is 0 Å². The fraction of sp³-hybridized carbons (Fsp3) is 0.286. The molecule has 5 nitrogen and oxygen atoms in total. The molecule has 4 N–H and O–H groups in total. The Morgan fingerprint density at radius 1 is 1.26 bits per heavy atom. The summed E-state index contributed by atoms with van der Waals surface area (Å²) in [4.78, 5) is 18.7. The number of nitrogens with one attached hydrogen (secondary N) is 1. The van der Waals surface area contributed by atoms with Crippen molar-refractivity contribution in [3.63, 3.8) is 0 Å². The van der Waals surface area contributed by atoms with Crippen LogP contribution in [0.3, 0.4) is 0 Å². The van der Waals surface area contributed by atoms with Gasteiger partial charge in [-0.1, -0.05) is 29.8 Å². The van der Waals surface area contributed by atoms with Gasteiger partial charge >= 0.3 is 0 Å². The zero-order chi connectivity index (χ0) is 14.2. The Labute approximate surface area is 111 Å². The van der Waals surface area contributed by atoms with Gasteiger partial charge in [-0.2, -0.15) is 4.98 Å². The molecule has 1 heterocycles. The second kappa shape index (κ2) is 4.51. The van der Waals surface area contributed by atoms with Gasteiger partial charge in [0.15, 0.2) is 0 Å². The van der Waals surface area contributed by atoms with E-state index in [0.29, 0.717) is 5.56 Å². The van der Waals surface area contributed by atoms with Crippen molar-refractivity contribution < 1.29 is 5.11 Å². The summed E-state index contributed by atoms with van der Waals surface area (Å²) in [5, 5.41) is 9.97. The molecule has 0 unspecified atom stereocenters. The predicted octanol–water partition coefficient (Wildman–Crippen LogP) is 1.64. The molecule has 1 aromatic carbocycles. The number of rotatable bonds is 2. The minimum Gasteiger partial charge on any atom is -0.493 e. The summed E-state index contributed by atoms with van der Waals surface area (Å²) < 4.78 is 0. The normalized spacial score (nSPS) is 11.6. The van der Waals surface area contributed by atoms with E-state index in [9.17, 15) is 9.90 Å². The van der Waals surface area contributed by atoms with Gasteiger partial charge in [-0.15, -0.1) is 0 Å². The van der Waals surface area contributed by atoms with E-state index in [1.165, 1.54) is 0 Å². The van der Waals surface area contributed by atoms with Crippen molar-refractivity contribution in [3.05, 3.63) is 46.0 Å². The molecule has 0 radical (unpaired) electrons. The number of aryl methyl sites for hydroxylation is 1. The van der Waals surface area contributed by atoms with Crippen molar-refractivity contribution in [3.8, 4) is 17.0 Å². The number of aromatic hydroxyl groups is 1. The highest BCUT2D eigenvalue weighted by molar-refractivity contribution is 5.67. The fourth-order valence-corrected chi connectivity index (χ4v) is 1.75. The Morgan fingerprint density at radius 2 is 1.84 bits per heavy atom. The lowest BCUT2D eigenvalue weighted by Crippen LogP contribution is -2.33. The molecule has 0 aliphatic carbocycles. The van der Waals surface area contributed by atoms with Crippen molar-refractivity contribution in [1.82, 2.24) is 9.97 Å². The number of nitrogens with two attached hydrogens (primary N) is 1. The molecule has 100 valence electrons. The highest BCUT2D eigenvalue weighted by Gasteiger charge is 2.21. The van der Waals surface area contributed by atoms with Gasteiger partial charge in [-0.25, -0.2) is 0 Å². The van der Waals surface area contributed by atoms with Crippen LogP contribution in [0, 0.1) is 6.92 Å². The van der Waals surface area contributed by atoms with Gasteiger partial charge in [-0.05, 0) is 26.3 Å². The van der Waals surface area contributed by atoms with Crippen LogP contribution in [0.15, 0.2) is 29.1 Å². The van der Waals surface area contributed by atoms with E-state index in [1.807, 2.05) is 19.1 Å². The van der Waals surface area contributed by atoms with E-state index in [4.69, 9.17) is 5.73 Å². The first-order chi connectivity index (χ1) is 8.79. The van der Waals surface area contributed by atoms with E-state index in [1.54, 1.807) is 26.0 Å². The maximum atomic E-state index is 12.1. The Bertz CT molecular complexity index is 652. The molecular formula is C14H17N3O2. The number of benzene rings is 1. The fourth-order valence-electron chi connectivity index (χ4n) is 1.75. The minimum absolute atomic E-state index is 0.160. The summed E-state index contributed by atoms with van der Waals surface area (Å²) >= 11 is 0. The maximum absolute atomic E-state index is 12.1. The molecule has 0 amide bonds. The molecule has 0 bridgehead atoms. The Morgan fingerprint density at radius 3 is 2.32 bits per heavy atom. The number of aromatic nitrogens is 2. The predicted molar refractivity (Wildman–Crippen MR) is 73.9 cm³/mol. The van der Waals surface area contributed by atoms with E-state index < -0.39 is 11.1 Å². The Balaban J connectivity index is 2.60. The molecule has 0 spiro atoms. The number of H-pyrrole nitrogens is 1. The van der Waals surface area contributed by atoms with Crippen LogP contribution in [-0.2, 0) is 5.54 Å². The van der Waals surface area contributed by atoms with E-state index in [2.05, 4.69) is 9.97 Å². The van der Waals surface area contributed by atoms with E-state index in [0.717, 1.165) is 5.56 Å². The lowest BCUT2D eigenvalue weighted by atomic mass is 10.0. The first-order valence-electron chi connectivity index (χ1n) is 5.98. The summed E-state index contributed by atoms with van der Waals surface area (Å²) in [6.07, 6.45) is 0. The highest BCUT2D eigenvalue weighted by atomic mass is 16.3. The first kappa shape index (κ1) is 13.3. The van der Waals surface area contributed by atoms with Gasteiger partial charge in [-0.3, -0.25) is 4.79 Å². The molecule has 2 rings (SSSR count). The molecule has 0 saturated carbocycles. The molecule has 19 heavy (non-hydrogen) atoms. The van der Waals surface area contributed by atoms with Crippen molar-refractivity contribution >= 4 is 0 Å². The monoisotopic (exact) mass is 259 g/mol. The average Bonchev–Trinajstić information content (AvgIpc) is 2.29. The molecule has 0 fully saturated rings. The van der Waals surface area contributed by atoms with E-state index >= 15 is 0 Å². The molecule has 0 atom stereocenters. The van der Waals surface area contributed by atoms with Gasteiger partial charge in [0.05, 0.1) is 5.54 Å². The topological polar surface area (TPSA) is 92.0 Å². The van der Waals surface area contributed by atoms with Crippen LogP contribution < -0.4 is 11.3 Å². The maximum Gasteiger partial charge on any atom is 0.262 e. The van der Waals surface area contributed by atoms with Gasteiger partial charge in [0, 0.05) is 0 Å². The molecule has 0 aliphatic heterocycles. The second-order valence-corrected chi connectivity index (χ2v) is 5.20. The summed E-state index contributed by atoms with van der Waals surface area (Å²) in [6, 6.07) is 7.28. The summed E-state index contributed by atoms with van der Waals surface area (Å²) in [5.74, 6) is -0.0491. The third-order valence-corrected chi connectivity index (χ3v) is 2.85. The van der Waals surface area contributed by atoms with E-state index in [-0.39, 0.29) is 17.3 Å². The SMILES string of the molecule is Cc1ccc(-c2c(O)nc(C(C)(C)N)[nH]c2=O)cc1. The number of hydrogen-bond acceptors (Lipinski definition) is 4. The van der Waals surface area contributed by atoms with Gasteiger partial charge in [0.1, 0.15) is 11.4 Å². The zero-order valence-corrected chi connectivity index (χ0v) is 11.2. The van der Waals surface area contributed by atoms with Crippen LogP contribution in [-0.4, -0.2) is 15.1 Å². The number of nitrogens with zero attached hydrogens (tertiary/aromatic N) is 1. The average molecular weight is 259 g/mol. The van der Waals surface area contributed by atoms with Crippen molar-refractivity contribution in [2.24, 2.45) is 5.73 Å². The Hall–Kier alpha value is -2.14. The summed E-state index contributed by atoms with van der Waals surface area (Å²) in [5.41, 5.74) is 6.50. The van der Waals surface area contributed by atoms with Crippen LogP contribution in [0.1, 0.15) is 25.2 Å². The standard InChI is InChI=1S/C14H17N3O2/c1-8-4-6-9(7-5-8)10-11(18)16-13(14(2,3)15)17-12(10)19/h4-7H,15H2,1-3H3,(H2,16,17,18,19). The summed E-state index contributed by atoms with van der Waals surface area (Å²) in [6.45, 7) is 5.36. The molecule has 5 heteroatoms. The minimum atomic E-state index is -0.817. The van der Waals surface area contributed by atoms with Crippen LogP contribution >= 0.6 is 0 Å². The highest BCUT2D eigenvalue weighted by Crippen LogP contribution is 2.25. The second-order valence-electron chi connectivity index (χ2n) is 5.20. The number of hydrogen-bond donors (Lipinski definition) is 3. The van der Waals surface area contributed by atoms with Crippen molar-refractivity contribution in [2.45, 2.75) is 26.3 Å². The van der Waals surface area contributed by atoms with Crippen LogP contribution in [0.4, 0.5) is 0 Å².